The number of benzene rings is 1. The Balaban J connectivity index is 1.99. The molecule has 0 atom stereocenters. The summed E-state index contributed by atoms with van der Waals surface area (Å²) >= 11 is 0. The lowest BCUT2D eigenvalue weighted by molar-refractivity contribution is -0.116. The largest absolute Gasteiger partial charge is 0.376 e. The highest BCUT2D eigenvalue weighted by molar-refractivity contribution is 5.92. The van der Waals surface area contributed by atoms with Gasteiger partial charge < -0.3 is 15.2 Å². The number of nitrogens with zero attached hydrogens (tertiary/aromatic N) is 2. The van der Waals surface area contributed by atoms with E-state index in [0.29, 0.717) is 24.8 Å². The van der Waals surface area contributed by atoms with Gasteiger partial charge >= 0.3 is 0 Å². The predicted molar refractivity (Wildman–Crippen MR) is 94.9 cm³/mol. The van der Waals surface area contributed by atoms with Crippen LogP contribution in [-0.4, -0.2) is 16.0 Å². The van der Waals surface area contributed by atoms with Crippen LogP contribution in [0.25, 0.3) is 0 Å². The van der Waals surface area contributed by atoms with Crippen LogP contribution in [0.1, 0.15) is 50.9 Å². The van der Waals surface area contributed by atoms with E-state index in [2.05, 4.69) is 34.6 Å². The van der Waals surface area contributed by atoms with Gasteiger partial charge in [-0.05, 0) is 37.0 Å². The fourth-order valence-electron chi connectivity index (χ4n) is 2.38. The van der Waals surface area contributed by atoms with Gasteiger partial charge in [0.1, 0.15) is 0 Å². The van der Waals surface area contributed by atoms with E-state index < -0.39 is 0 Å². The van der Waals surface area contributed by atoms with E-state index in [1.807, 2.05) is 32.0 Å². The number of anilines is 2. The molecule has 6 heteroatoms. The molecular weight excluding hydrogens is 304 g/mol. The summed E-state index contributed by atoms with van der Waals surface area (Å²) in [6.07, 6.45) is 2.16. The first-order valence-corrected chi connectivity index (χ1v) is 8.44. The molecule has 1 aromatic heterocycles. The molecule has 0 bridgehead atoms. The lowest BCUT2D eigenvalue weighted by Gasteiger charge is -2.13. The summed E-state index contributed by atoms with van der Waals surface area (Å²) in [6, 6.07) is 5.78. The topological polar surface area (TPSA) is 80.0 Å². The molecule has 0 aliphatic heterocycles. The second kappa shape index (κ2) is 8.47. The summed E-state index contributed by atoms with van der Waals surface area (Å²) < 4.78 is 5.26. The number of aromatic nitrogens is 2. The first-order valence-electron chi connectivity index (χ1n) is 8.44. The van der Waals surface area contributed by atoms with Gasteiger partial charge in [-0.2, -0.15) is 4.98 Å². The van der Waals surface area contributed by atoms with Gasteiger partial charge in [-0.1, -0.05) is 32.0 Å². The number of hydrogen-bond donors (Lipinski definition) is 2. The van der Waals surface area contributed by atoms with Crippen molar-refractivity contribution in [3.63, 3.8) is 0 Å². The third-order valence-corrected chi connectivity index (χ3v) is 3.62. The molecule has 24 heavy (non-hydrogen) atoms. The van der Waals surface area contributed by atoms with E-state index >= 15 is 0 Å². The molecule has 1 heterocycles. The Kier molecular flexibility index (Phi) is 6.35. The Morgan fingerprint density at radius 2 is 2.04 bits per heavy atom. The molecular formula is C18H26N4O2. The fourth-order valence-corrected chi connectivity index (χ4v) is 2.38. The highest BCUT2D eigenvalue weighted by atomic mass is 16.5. The summed E-state index contributed by atoms with van der Waals surface area (Å²) in [5.41, 5.74) is 2.75. The molecule has 0 aliphatic rings. The molecule has 0 saturated carbocycles. The first-order chi connectivity index (χ1) is 11.5. The van der Waals surface area contributed by atoms with Crippen LogP contribution in [-0.2, 0) is 17.8 Å². The highest BCUT2D eigenvalue weighted by Crippen LogP contribution is 2.24. The zero-order valence-corrected chi connectivity index (χ0v) is 14.8. The van der Waals surface area contributed by atoms with E-state index in [-0.39, 0.29) is 5.91 Å². The van der Waals surface area contributed by atoms with Gasteiger partial charge in [0.2, 0.25) is 11.8 Å². The van der Waals surface area contributed by atoms with Crippen LogP contribution in [0.3, 0.4) is 0 Å². The van der Waals surface area contributed by atoms with Crippen LogP contribution in [0.5, 0.6) is 0 Å². The quantitative estimate of drug-likeness (QED) is 0.766. The zero-order valence-electron chi connectivity index (χ0n) is 14.8. The molecule has 0 radical (unpaired) electrons. The average molecular weight is 330 g/mol. The minimum Gasteiger partial charge on any atom is -0.376 e. The van der Waals surface area contributed by atoms with Gasteiger partial charge in [0.05, 0.1) is 6.54 Å². The Labute approximate surface area is 143 Å². The Morgan fingerprint density at radius 3 is 2.75 bits per heavy atom. The second-order valence-electron chi connectivity index (χ2n) is 6.33. The van der Waals surface area contributed by atoms with Crippen molar-refractivity contribution in [1.29, 1.82) is 0 Å². The van der Waals surface area contributed by atoms with Crippen molar-refractivity contribution in [1.82, 2.24) is 10.1 Å². The van der Waals surface area contributed by atoms with Crippen LogP contribution in [0.15, 0.2) is 22.7 Å². The van der Waals surface area contributed by atoms with E-state index in [1.165, 1.54) is 0 Å². The highest BCUT2D eigenvalue weighted by Gasteiger charge is 2.10. The van der Waals surface area contributed by atoms with Crippen molar-refractivity contribution < 1.29 is 9.32 Å². The first kappa shape index (κ1) is 18.0. The molecule has 0 unspecified atom stereocenters. The molecule has 0 aliphatic carbocycles. The van der Waals surface area contributed by atoms with Crippen LogP contribution in [0.4, 0.5) is 11.4 Å². The van der Waals surface area contributed by atoms with Crippen molar-refractivity contribution in [3.05, 3.63) is 35.5 Å². The van der Waals surface area contributed by atoms with E-state index in [9.17, 15) is 4.79 Å². The van der Waals surface area contributed by atoms with Gasteiger partial charge in [-0.15, -0.1) is 0 Å². The number of carbonyl (C=O) groups excluding carboxylic acids is 1. The molecule has 1 aromatic carbocycles. The van der Waals surface area contributed by atoms with Gasteiger partial charge in [0, 0.05) is 24.2 Å². The van der Waals surface area contributed by atoms with Crippen LogP contribution < -0.4 is 10.6 Å². The van der Waals surface area contributed by atoms with Crippen molar-refractivity contribution in [2.45, 2.75) is 53.5 Å². The lowest BCUT2D eigenvalue weighted by atomic mass is 10.1. The molecule has 6 nitrogen and oxygen atoms in total. The maximum absolute atomic E-state index is 11.8. The summed E-state index contributed by atoms with van der Waals surface area (Å²) in [7, 11) is 0. The SMILES string of the molecule is CCCC(=O)Nc1cccc(NCc2nc(CC(C)C)no2)c1C. The van der Waals surface area contributed by atoms with E-state index in [4.69, 9.17) is 4.52 Å². The van der Waals surface area contributed by atoms with Crippen LogP contribution in [0, 0.1) is 12.8 Å². The normalized spacial score (nSPS) is 10.9. The fraction of sp³-hybridized carbons (Fsp3) is 0.500. The summed E-state index contributed by atoms with van der Waals surface area (Å²) in [5.74, 6) is 1.83. The molecule has 130 valence electrons. The summed E-state index contributed by atoms with van der Waals surface area (Å²) in [6.45, 7) is 8.66. The molecule has 2 rings (SSSR count). The van der Waals surface area contributed by atoms with Crippen LogP contribution in [0.2, 0.25) is 0 Å². The van der Waals surface area contributed by atoms with Gasteiger partial charge in [0.25, 0.3) is 0 Å². The van der Waals surface area contributed by atoms with Gasteiger partial charge in [0.15, 0.2) is 5.82 Å². The number of rotatable bonds is 8. The third-order valence-electron chi connectivity index (χ3n) is 3.62. The minimum atomic E-state index is 0.0352. The number of carbonyl (C=O) groups is 1. The molecule has 2 aromatic rings. The maximum atomic E-state index is 11.8. The third kappa shape index (κ3) is 5.08. The lowest BCUT2D eigenvalue weighted by Crippen LogP contribution is -2.12. The molecule has 0 saturated heterocycles. The summed E-state index contributed by atoms with van der Waals surface area (Å²) in [4.78, 5) is 16.2. The summed E-state index contributed by atoms with van der Waals surface area (Å²) in [5, 5.41) is 10.2. The van der Waals surface area contributed by atoms with E-state index in [1.54, 1.807) is 0 Å². The van der Waals surface area contributed by atoms with Gasteiger partial charge in [-0.3, -0.25) is 4.79 Å². The zero-order chi connectivity index (χ0) is 17.5. The molecule has 1 amide bonds. The van der Waals surface area contributed by atoms with Gasteiger partial charge in [-0.25, -0.2) is 0 Å². The Bertz CT molecular complexity index is 679. The van der Waals surface area contributed by atoms with Crippen molar-refractivity contribution in [3.8, 4) is 0 Å². The Morgan fingerprint density at radius 1 is 1.29 bits per heavy atom. The molecule has 2 N–H and O–H groups in total. The monoisotopic (exact) mass is 330 g/mol. The van der Waals surface area contributed by atoms with Crippen LogP contribution >= 0.6 is 0 Å². The minimum absolute atomic E-state index is 0.0352. The van der Waals surface area contributed by atoms with E-state index in [0.717, 1.165) is 35.6 Å². The van der Waals surface area contributed by atoms with Crippen molar-refractivity contribution >= 4 is 17.3 Å². The maximum Gasteiger partial charge on any atom is 0.245 e. The Hall–Kier alpha value is -2.37. The van der Waals surface area contributed by atoms with Crippen molar-refractivity contribution in [2.75, 3.05) is 10.6 Å². The molecule has 0 fully saturated rings. The average Bonchev–Trinajstić information content (AvgIpc) is 2.95. The smallest absolute Gasteiger partial charge is 0.245 e. The molecule has 0 spiro atoms. The predicted octanol–water partition coefficient (Wildman–Crippen LogP) is 3.93. The standard InChI is InChI=1S/C18H26N4O2/c1-5-7-17(23)20-15-9-6-8-14(13(15)4)19-11-18-21-16(22-24-18)10-12(2)3/h6,8-9,12,19H,5,7,10-11H2,1-4H3,(H,20,23). The number of hydrogen-bond acceptors (Lipinski definition) is 5. The number of amides is 1. The second-order valence-corrected chi connectivity index (χ2v) is 6.33. The van der Waals surface area contributed by atoms with Crippen molar-refractivity contribution in [2.24, 2.45) is 5.92 Å². The number of nitrogens with one attached hydrogen (secondary N) is 2.